The van der Waals surface area contributed by atoms with Crippen molar-refractivity contribution in [3.8, 4) is 6.07 Å². The van der Waals surface area contributed by atoms with Gasteiger partial charge in [0, 0.05) is 0 Å². The van der Waals surface area contributed by atoms with Gasteiger partial charge in [-0.2, -0.15) is 5.26 Å². The molecule has 0 aliphatic carbocycles. The maximum atomic E-state index is 12.3. The van der Waals surface area contributed by atoms with Gasteiger partial charge in [0.15, 0.2) is 9.84 Å². The van der Waals surface area contributed by atoms with Crippen LogP contribution < -0.4 is 0 Å². The molecule has 2 rings (SSSR count). The number of rotatable bonds is 5. The zero-order valence-corrected chi connectivity index (χ0v) is 12.7. The Balaban J connectivity index is 2.10. The van der Waals surface area contributed by atoms with E-state index in [1.54, 1.807) is 24.3 Å². The molecule has 0 fully saturated rings. The third-order valence-corrected chi connectivity index (χ3v) is 5.10. The second kappa shape index (κ2) is 6.55. The van der Waals surface area contributed by atoms with Crippen LogP contribution in [0, 0.1) is 11.3 Å². The van der Waals surface area contributed by atoms with Crippen LogP contribution in [-0.2, 0) is 15.6 Å². The monoisotopic (exact) mass is 299 g/mol. The molecule has 1 atom stereocenters. The number of sulfone groups is 1. The molecular weight excluding hydrogens is 282 g/mol. The predicted molar refractivity (Wildman–Crippen MR) is 83.5 cm³/mol. The second-order valence-electron chi connectivity index (χ2n) is 5.18. The average Bonchev–Trinajstić information content (AvgIpc) is 2.47. The highest BCUT2D eigenvalue weighted by molar-refractivity contribution is 7.90. The van der Waals surface area contributed by atoms with Gasteiger partial charge in [-0.25, -0.2) is 8.42 Å². The van der Waals surface area contributed by atoms with Gasteiger partial charge < -0.3 is 0 Å². The second-order valence-corrected chi connectivity index (χ2v) is 7.29. The minimum atomic E-state index is -3.22. The van der Waals surface area contributed by atoms with Gasteiger partial charge in [-0.05, 0) is 29.2 Å². The molecule has 0 saturated carbocycles. The summed E-state index contributed by atoms with van der Waals surface area (Å²) in [6.45, 7) is 1.92. The minimum Gasteiger partial charge on any atom is -0.228 e. The van der Waals surface area contributed by atoms with Gasteiger partial charge in [0.25, 0.3) is 0 Å². The van der Waals surface area contributed by atoms with Crippen LogP contribution in [0.25, 0.3) is 0 Å². The summed E-state index contributed by atoms with van der Waals surface area (Å²) in [5, 5.41) is 8.86. The summed E-state index contributed by atoms with van der Waals surface area (Å²) in [7, 11) is -3.22. The van der Waals surface area contributed by atoms with Crippen molar-refractivity contribution in [2.45, 2.75) is 18.6 Å². The number of hydrogen-bond donors (Lipinski definition) is 0. The summed E-state index contributed by atoms with van der Waals surface area (Å²) in [4.78, 5) is 0. The third kappa shape index (κ3) is 4.44. The van der Waals surface area contributed by atoms with Crippen LogP contribution in [-0.4, -0.2) is 14.2 Å². The van der Waals surface area contributed by atoms with Crippen LogP contribution >= 0.6 is 0 Å². The van der Waals surface area contributed by atoms with Crippen LogP contribution in [0.2, 0.25) is 0 Å². The maximum absolute atomic E-state index is 12.3. The molecule has 3 nitrogen and oxygen atoms in total. The molecule has 2 aromatic carbocycles. The Morgan fingerprint density at radius 3 is 2.48 bits per heavy atom. The van der Waals surface area contributed by atoms with Crippen LogP contribution in [0.1, 0.15) is 29.5 Å². The SMILES string of the molecule is C[C@@H](CS(=O)(=O)Cc1cccc(C#N)c1)c1ccccc1. The number of hydrogen-bond acceptors (Lipinski definition) is 3. The summed E-state index contributed by atoms with van der Waals surface area (Å²) >= 11 is 0. The lowest BCUT2D eigenvalue weighted by Gasteiger charge is -2.12. The zero-order chi connectivity index (χ0) is 15.3. The Kier molecular flexibility index (Phi) is 4.77. The first-order chi connectivity index (χ1) is 10.00. The Morgan fingerprint density at radius 2 is 1.81 bits per heavy atom. The molecule has 0 N–H and O–H groups in total. The van der Waals surface area contributed by atoms with Gasteiger partial charge >= 0.3 is 0 Å². The highest BCUT2D eigenvalue weighted by Crippen LogP contribution is 2.19. The van der Waals surface area contributed by atoms with Crippen molar-refractivity contribution >= 4 is 9.84 Å². The first-order valence-electron chi connectivity index (χ1n) is 6.74. The molecule has 108 valence electrons. The van der Waals surface area contributed by atoms with Gasteiger partial charge in [0.05, 0.1) is 23.1 Å². The fourth-order valence-corrected chi connectivity index (χ4v) is 4.06. The molecule has 0 saturated heterocycles. The molecule has 0 bridgehead atoms. The normalized spacial score (nSPS) is 12.6. The van der Waals surface area contributed by atoms with Gasteiger partial charge in [-0.15, -0.1) is 0 Å². The van der Waals surface area contributed by atoms with E-state index in [1.165, 1.54) is 0 Å². The molecule has 0 aliphatic rings. The molecule has 0 spiro atoms. The van der Waals surface area contributed by atoms with E-state index in [1.807, 2.05) is 43.3 Å². The Labute approximate surface area is 125 Å². The number of nitriles is 1. The van der Waals surface area contributed by atoms with Crippen molar-refractivity contribution < 1.29 is 8.42 Å². The van der Waals surface area contributed by atoms with E-state index in [-0.39, 0.29) is 17.4 Å². The standard InChI is InChI=1S/C17H17NO2S/c1-14(17-8-3-2-4-9-17)12-21(19,20)13-16-7-5-6-15(10-16)11-18/h2-10,14H,12-13H2,1H3/t14-/m0/s1. The quantitative estimate of drug-likeness (QED) is 0.851. The molecule has 2 aromatic rings. The van der Waals surface area contributed by atoms with Crippen LogP contribution in [0.5, 0.6) is 0 Å². The fourth-order valence-electron chi connectivity index (χ4n) is 2.30. The third-order valence-electron chi connectivity index (χ3n) is 3.32. The molecule has 0 aliphatic heterocycles. The van der Waals surface area contributed by atoms with E-state index in [0.717, 1.165) is 5.56 Å². The van der Waals surface area contributed by atoms with E-state index < -0.39 is 9.84 Å². The molecular formula is C17H17NO2S. The predicted octanol–water partition coefficient (Wildman–Crippen LogP) is 3.28. The van der Waals surface area contributed by atoms with E-state index >= 15 is 0 Å². The van der Waals surface area contributed by atoms with Crippen LogP contribution in [0.3, 0.4) is 0 Å². The Morgan fingerprint density at radius 1 is 1.10 bits per heavy atom. The molecule has 0 unspecified atom stereocenters. The van der Waals surface area contributed by atoms with Gasteiger partial charge in [-0.1, -0.05) is 49.4 Å². The summed E-state index contributed by atoms with van der Waals surface area (Å²) < 4.78 is 24.6. The van der Waals surface area contributed by atoms with Crippen molar-refractivity contribution in [3.63, 3.8) is 0 Å². The van der Waals surface area contributed by atoms with Crippen molar-refractivity contribution in [2.75, 3.05) is 5.75 Å². The zero-order valence-electron chi connectivity index (χ0n) is 11.9. The van der Waals surface area contributed by atoms with Gasteiger partial charge in [-0.3, -0.25) is 0 Å². The largest absolute Gasteiger partial charge is 0.228 e. The smallest absolute Gasteiger partial charge is 0.155 e. The van der Waals surface area contributed by atoms with Crippen LogP contribution in [0.4, 0.5) is 0 Å². The highest BCUT2D eigenvalue weighted by atomic mass is 32.2. The molecule has 0 amide bonds. The Hall–Kier alpha value is -2.12. The molecule has 4 heteroatoms. The summed E-state index contributed by atoms with van der Waals surface area (Å²) in [5.74, 6) is 0.0309. The van der Waals surface area contributed by atoms with E-state index in [4.69, 9.17) is 5.26 Å². The summed E-state index contributed by atoms with van der Waals surface area (Å²) in [6.07, 6.45) is 0. The molecule has 0 radical (unpaired) electrons. The molecule has 0 heterocycles. The summed E-state index contributed by atoms with van der Waals surface area (Å²) in [6, 6.07) is 18.4. The molecule has 0 aromatic heterocycles. The van der Waals surface area contributed by atoms with Crippen LogP contribution in [0.15, 0.2) is 54.6 Å². The highest BCUT2D eigenvalue weighted by Gasteiger charge is 2.18. The van der Waals surface area contributed by atoms with Gasteiger partial charge in [0.2, 0.25) is 0 Å². The van der Waals surface area contributed by atoms with Crippen molar-refractivity contribution in [2.24, 2.45) is 0 Å². The lowest BCUT2D eigenvalue weighted by atomic mass is 10.0. The molecule has 21 heavy (non-hydrogen) atoms. The topological polar surface area (TPSA) is 57.9 Å². The van der Waals surface area contributed by atoms with Gasteiger partial charge in [0.1, 0.15) is 0 Å². The van der Waals surface area contributed by atoms with Crippen molar-refractivity contribution in [3.05, 3.63) is 71.3 Å². The van der Waals surface area contributed by atoms with E-state index in [2.05, 4.69) is 0 Å². The summed E-state index contributed by atoms with van der Waals surface area (Å²) in [5.41, 5.74) is 2.17. The maximum Gasteiger partial charge on any atom is 0.155 e. The number of benzene rings is 2. The minimum absolute atomic E-state index is 0.0281. The van der Waals surface area contributed by atoms with Crippen molar-refractivity contribution in [1.29, 1.82) is 5.26 Å². The Bertz CT molecular complexity index is 746. The lowest BCUT2D eigenvalue weighted by Crippen LogP contribution is -2.14. The number of nitrogens with zero attached hydrogens (tertiary/aromatic N) is 1. The first-order valence-corrected chi connectivity index (χ1v) is 8.57. The van der Waals surface area contributed by atoms with Crippen molar-refractivity contribution in [1.82, 2.24) is 0 Å². The van der Waals surface area contributed by atoms with E-state index in [0.29, 0.717) is 11.1 Å². The lowest BCUT2D eigenvalue weighted by molar-refractivity contribution is 0.589. The fraction of sp³-hybridized carbons (Fsp3) is 0.235. The first kappa shape index (κ1) is 15.3. The van der Waals surface area contributed by atoms with E-state index in [9.17, 15) is 8.42 Å². The average molecular weight is 299 g/mol.